The second-order valence-electron chi connectivity index (χ2n) is 10.1. The molecule has 0 spiro atoms. The van der Waals surface area contributed by atoms with Gasteiger partial charge >= 0.3 is 0 Å². The topological polar surface area (TPSA) is 114 Å². The van der Waals surface area contributed by atoms with Crippen molar-refractivity contribution < 1.29 is 15.0 Å². The summed E-state index contributed by atoms with van der Waals surface area (Å²) >= 11 is 0. The van der Waals surface area contributed by atoms with E-state index in [2.05, 4.69) is 34.7 Å². The smallest absolute Gasteiger partial charge is 0.248 e. The molecule has 7 nitrogen and oxygen atoms in total. The molecular weight excluding hydrogens is 454 g/mol. The molecule has 3 aromatic rings. The van der Waals surface area contributed by atoms with Crippen LogP contribution in [0.3, 0.4) is 0 Å². The molecule has 7 heteroatoms. The van der Waals surface area contributed by atoms with Gasteiger partial charge in [-0.2, -0.15) is 0 Å². The van der Waals surface area contributed by atoms with Crippen LogP contribution < -0.4 is 16.2 Å². The second-order valence-corrected chi connectivity index (χ2v) is 10.1. The predicted octanol–water partition coefficient (Wildman–Crippen LogP) is 3.73. The number of aromatic nitrogens is 1. The quantitative estimate of drug-likeness (QED) is 0.297. The molecule has 36 heavy (non-hydrogen) atoms. The Labute approximate surface area is 212 Å². The minimum atomic E-state index is -0.805. The number of phenolic OH excluding ortho intramolecular Hbond substituents is 1. The maximum atomic E-state index is 12.4. The minimum Gasteiger partial charge on any atom is -0.506 e. The monoisotopic (exact) mass is 491 g/mol. The third-order valence-electron chi connectivity index (χ3n) is 7.14. The number of phenols is 1. The molecule has 1 aliphatic rings. The number of amides is 1. The largest absolute Gasteiger partial charge is 0.506 e. The summed E-state index contributed by atoms with van der Waals surface area (Å²) in [4.78, 5) is 26.7. The molecule has 2 atom stereocenters. The van der Waals surface area contributed by atoms with Crippen LogP contribution in [0.4, 0.5) is 0 Å². The first-order valence-corrected chi connectivity index (χ1v) is 13.0. The summed E-state index contributed by atoms with van der Waals surface area (Å²) in [6.45, 7) is 3.17. The van der Waals surface area contributed by atoms with Gasteiger partial charge in [-0.3, -0.25) is 9.59 Å². The lowest BCUT2D eigenvalue weighted by Crippen LogP contribution is -2.32. The Morgan fingerprint density at radius 1 is 1.08 bits per heavy atom. The number of hydrogen-bond donors (Lipinski definition) is 5. The number of rotatable bonds is 10. The van der Waals surface area contributed by atoms with E-state index in [-0.39, 0.29) is 23.3 Å². The van der Waals surface area contributed by atoms with E-state index in [1.54, 1.807) is 12.1 Å². The molecule has 0 aliphatic heterocycles. The Kier molecular flexibility index (Phi) is 8.78. The molecule has 1 amide bonds. The fourth-order valence-electron chi connectivity index (χ4n) is 5.16. The first-order chi connectivity index (χ1) is 17.4. The standard InChI is InChI=1S/C29H37N3O4/c1-19(30-18-26(34)23-10-12-25(33)29-24(23)11-13-27(35)32-29)14-21-8-5-9-22(15-21)16-28(36)31-17-20-6-3-2-4-7-20/h5,8-13,15,19-20,26,30,33-34H,2-4,6-7,14,16-18H2,1H3,(H,31,36)(H,32,35)/t19?,26-/m0/s1. The summed E-state index contributed by atoms with van der Waals surface area (Å²) in [5.74, 6) is 0.676. The van der Waals surface area contributed by atoms with Crippen LogP contribution in [0.25, 0.3) is 10.9 Å². The van der Waals surface area contributed by atoms with Crippen LogP contribution in [0.5, 0.6) is 5.75 Å². The van der Waals surface area contributed by atoms with Gasteiger partial charge in [-0.05, 0) is 60.9 Å². The normalized spacial score (nSPS) is 16.1. The molecule has 4 rings (SSSR count). The van der Waals surface area contributed by atoms with Crippen molar-refractivity contribution in [2.45, 2.75) is 64.0 Å². The van der Waals surface area contributed by atoms with E-state index in [1.165, 1.54) is 44.2 Å². The first kappa shape index (κ1) is 25.9. The van der Waals surface area contributed by atoms with Crippen LogP contribution >= 0.6 is 0 Å². The van der Waals surface area contributed by atoms with Crippen LogP contribution in [0.1, 0.15) is 61.8 Å². The molecule has 1 aliphatic carbocycles. The lowest BCUT2D eigenvalue weighted by Gasteiger charge is -2.21. The van der Waals surface area contributed by atoms with Crippen molar-refractivity contribution in [3.05, 3.63) is 75.6 Å². The van der Waals surface area contributed by atoms with Gasteiger partial charge in [0.1, 0.15) is 5.75 Å². The third kappa shape index (κ3) is 6.95. The van der Waals surface area contributed by atoms with Crippen molar-refractivity contribution in [2.75, 3.05) is 13.1 Å². The maximum Gasteiger partial charge on any atom is 0.248 e. The van der Waals surface area contributed by atoms with Crippen molar-refractivity contribution in [3.8, 4) is 5.75 Å². The van der Waals surface area contributed by atoms with E-state index < -0.39 is 6.10 Å². The molecule has 1 fully saturated rings. The lowest BCUT2D eigenvalue weighted by atomic mass is 9.89. The number of aliphatic hydroxyl groups excluding tert-OH is 1. The van der Waals surface area contributed by atoms with E-state index in [0.717, 1.165) is 24.1 Å². The summed E-state index contributed by atoms with van der Waals surface area (Å²) in [5.41, 5.74) is 2.80. The summed E-state index contributed by atoms with van der Waals surface area (Å²) < 4.78 is 0. The molecule has 0 bridgehead atoms. The fourth-order valence-corrected chi connectivity index (χ4v) is 5.16. The number of aromatic hydroxyl groups is 1. The molecule has 5 N–H and O–H groups in total. The molecule has 0 saturated heterocycles. The van der Waals surface area contributed by atoms with E-state index in [0.29, 0.717) is 35.3 Å². The van der Waals surface area contributed by atoms with Gasteiger partial charge in [-0.15, -0.1) is 0 Å². The van der Waals surface area contributed by atoms with Crippen molar-refractivity contribution in [3.63, 3.8) is 0 Å². The Morgan fingerprint density at radius 3 is 2.67 bits per heavy atom. The highest BCUT2D eigenvalue weighted by atomic mass is 16.3. The van der Waals surface area contributed by atoms with Gasteiger partial charge in [0, 0.05) is 30.6 Å². The van der Waals surface area contributed by atoms with Gasteiger partial charge in [-0.1, -0.05) is 49.6 Å². The molecule has 1 unspecified atom stereocenters. The molecule has 1 saturated carbocycles. The van der Waals surface area contributed by atoms with Crippen LogP contribution in [0, 0.1) is 5.92 Å². The number of benzene rings is 2. The second kappa shape index (κ2) is 12.2. The Balaban J connectivity index is 1.28. The molecule has 1 aromatic heterocycles. The highest BCUT2D eigenvalue weighted by Gasteiger charge is 2.16. The number of aromatic amines is 1. The first-order valence-electron chi connectivity index (χ1n) is 13.0. The Bertz CT molecular complexity index is 1230. The van der Waals surface area contributed by atoms with E-state index >= 15 is 0 Å². The van der Waals surface area contributed by atoms with Crippen molar-refractivity contribution in [1.82, 2.24) is 15.6 Å². The summed E-state index contributed by atoms with van der Waals surface area (Å²) in [7, 11) is 0. The van der Waals surface area contributed by atoms with Crippen molar-refractivity contribution in [2.24, 2.45) is 5.92 Å². The van der Waals surface area contributed by atoms with Crippen molar-refractivity contribution in [1.29, 1.82) is 0 Å². The molecular formula is C29H37N3O4. The van der Waals surface area contributed by atoms with Crippen LogP contribution in [-0.4, -0.2) is 40.2 Å². The molecule has 2 aromatic carbocycles. The average Bonchev–Trinajstić information content (AvgIpc) is 2.87. The number of nitrogens with one attached hydrogen (secondary N) is 3. The van der Waals surface area contributed by atoms with Crippen LogP contribution in [0.15, 0.2) is 53.3 Å². The van der Waals surface area contributed by atoms with Gasteiger partial charge in [0.05, 0.1) is 18.0 Å². The zero-order valence-electron chi connectivity index (χ0n) is 20.9. The number of carbonyl (C=O) groups excluding carboxylic acids is 1. The fraction of sp³-hybridized carbons (Fsp3) is 0.448. The number of H-pyrrole nitrogens is 1. The number of aliphatic hydroxyl groups is 1. The number of fused-ring (bicyclic) bond motifs is 1. The zero-order chi connectivity index (χ0) is 25.5. The number of hydrogen-bond acceptors (Lipinski definition) is 5. The Hall–Kier alpha value is -3.16. The molecule has 0 radical (unpaired) electrons. The Morgan fingerprint density at radius 2 is 1.86 bits per heavy atom. The van der Waals surface area contributed by atoms with E-state index in [9.17, 15) is 19.8 Å². The van der Waals surface area contributed by atoms with Gasteiger partial charge < -0.3 is 25.8 Å². The lowest BCUT2D eigenvalue weighted by molar-refractivity contribution is -0.120. The summed E-state index contributed by atoms with van der Waals surface area (Å²) in [6, 6.07) is 14.4. The molecule has 192 valence electrons. The van der Waals surface area contributed by atoms with Gasteiger partial charge in [0.2, 0.25) is 11.5 Å². The number of pyridine rings is 1. The highest BCUT2D eigenvalue weighted by molar-refractivity contribution is 5.87. The van der Waals surface area contributed by atoms with Gasteiger partial charge in [-0.25, -0.2) is 0 Å². The third-order valence-corrected chi connectivity index (χ3v) is 7.14. The minimum absolute atomic E-state index is 0.0254. The van der Waals surface area contributed by atoms with Crippen LogP contribution in [0.2, 0.25) is 0 Å². The maximum absolute atomic E-state index is 12.4. The van der Waals surface area contributed by atoms with Gasteiger partial charge in [0.25, 0.3) is 0 Å². The van der Waals surface area contributed by atoms with Gasteiger partial charge in [0.15, 0.2) is 0 Å². The molecule has 1 heterocycles. The highest BCUT2D eigenvalue weighted by Crippen LogP contribution is 2.28. The summed E-state index contributed by atoms with van der Waals surface area (Å²) in [5, 5.41) is 28.0. The average molecular weight is 492 g/mol. The summed E-state index contributed by atoms with van der Waals surface area (Å²) in [6.07, 6.45) is 6.65. The zero-order valence-corrected chi connectivity index (χ0v) is 20.9. The SMILES string of the molecule is CC(Cc1cccc(CC(=O)NCC2CCCCC2)c1)NC[C@H](O)c1ccc(O)c2[nH]c(=O)ccc12. The predicted molar refractivity (Wildman–Crippen MR) is 142 cm³/mol. The van der Waals surface area contributed by atoms with Crippen LogP contribution in [-0.2, 0) is 17.6 Å². The van der Waals surface area contributed by atoms with Crippen molar-refractivity contribution >= 4 is 16.8 Å². The number of carbonyl (C=O) groups is 1. The van der Waals surface area contributed by atoms with E-state index in [4.69, 9.17) is 0 Å². The van der Waals surface area contributed by atoms with E-state index in [1.807, 2.05) is 12.1 Å².